The van der Waals surface area contributed by atoms with Crippen molar-refractivity contribution in [2.24, 2.45) is 10.9 Å². The van der Waals surface area contributed by atoms with Crippen molar-refractivity contribution in [3.05, 3.63) is 29.0 Å². The van der Waals surface area contributed by atoms with E-state index >= 15 is 0 Å². The molecule has 0 radical (unpaired) electrons. The van der Waals surface area contributed by atoms with Crippen molar-refractivity contribution in [1.29, 1.82) is 0 Å². The zero-order valence-electron chi connectivity index (χ0n) is 14.5. The van der Waals surface area contributed by atoms with Gasteiger partial charge in [0.25, 0.3) is 0 Å². The third kappa shape index (κ3) is 8.48. The lowest BCUT2D eigenvalue weighted by molar-refractivity contribution is 0.115. The average Bonchev–Trinajstić information content (AvgIpc) is 3.36. The number of nitrogens with one attached hydrogen (secondary N) is 1. The molecular formula is C17H28ClIN4O. The van der Waals surface area contributed by atoms with Gasteiger partial charge < -0.3 is 15.0 Å². The molecular weight excluding hydrogens is 439 g/mol. The van der Waals surface area contributed by atoms with E-state index in [0.29, 0.717) is 5.15 Å². The lowest BCUT2D eigenvalue weighted by Crippen LogP contribution is -2.40. The largest absolute Gasteiger partial charge is 0.379 e. The molecule has 1 fully saturated rings. The Morgan fingerprint density at radius 2 is 2.25 bits per heavy atom. The molecule has 0 aliphatic heterocycles. The van der Waals surface area contributed by atoms with E-state index < -0.39 is 0 Å². The summed E-state index contributed by atoms with van der Waals surface area (Å²) in [6.07, 6.45) is 5.32. The van der Waals surface area contributed by atoms with Crippen LogP contribution in [0.5, 0.6) is 0 Å². The van der Waals surface area contributed by atoms with Gasteiger partial charge in [-0.1, -0.05) is 17.7 Å². The molecule has 0 atom stereocenters. The standard InChI is InChI=1S/C17H27ClN4O.HI/c1-3-19-17(22(2)10-11-23-13-15-4-5-15)20-9-8-14-6-7-16(18)21-12-14;/h6-7,12,15H,3-5,8-11,13H2,1-2H3,(H,19,20);1H. The van der Waals surface area contributed by atoms with Gasteiger partial charge in [-0.15, -0.1) is 24.0 Å². The number of halogens is 2. The zero-order valence-corrected chi connectivity index (χ0v) is 17.6. The molecule has 1 aliphatic rings. The van der Waals surface area contributed by atoms with Crippen molar-refractivity contribution < 1.29 is 4.74 Å². The molecule has 1 aromatic rings. The molecule has 1 aliphatic carbocycles. The Labute approximate surface area is 167 Å². The number of guanidine groups is 1. The lowest BCUT2D eigenvalue weighted by atomic mass is 10.2. The van der Waals surface area contributed by atoms with Crippen LogP contribution in [0.2, 0.25) is 5.15 Å². The van der Waals surface area contributed by atoms with Crippen LogP contribution in [0.25, 0.3) is 0 Å². The Hall–Kier alpha value is -0.600. The second kappa shape index (κ2) is 11.9. The number of likely N-dealkylation sites (N-methyl/N-ethyl adjacent to an activating group) is 1. The Bertz CT molecular complexity index is 494. The van der Waals surface area contributed by atoms with Crippen molar-refractivity contribution in [2.75, 3.05) is 39.9 Å². The van der Waals surface area contributed by atoms with E-state index in [1.807, 2.05) is 19.2 Å². The predicted octanol–water partition coefficient (Wildman–Crippen LogP) is 3.22. The monoisotopic (exact) mass is 466 g/mol. The predicted molar refractivity (Wildman–Crippen MR) is 111 cm³/mol. The fraction of sp³-hybridized carbons (Fsp3) is 0.647. The maximum atomic E-state index is 5.80. The molecule has 0 bridgehead atoms. The first-order valence-electron chi connectivity index (χ1n) is 8.36. The molecule has 1 saturated carbocycles. The van der Waals surface area contributed by atoms with E-state index in [9.17, 15) is 0 Å². The molecule has 5 nitrogen and oxygen atoms in total. The van der Waals surface area contributed by atoms with Gasteiger partial charge in [-0.05, 0) is 43.7 Å². The third-order valence-electron chi connectivity index (χ3n) is 3.77. The molecule has 0 amide bonds. The van der Waals surface area contributed by atoms with Crippen molar-refractivity contribution in [3.63, 3.8) is 0 Å². The SMILES string of the molecule is CCNC(=NCCc1ccc(Cl)nc1)N(C)CCOCC1CC1.I. The highest BCUT2D eigenvalue weighted by atomic mass is 127. The minimum atomic E-state index is 0. The van der Waals surface area contributed by atoms with Crippen LogP contribution in [0.3, 0.4) is 0 Å². The highest BCUT2D eigenvalue weighted by molar-refractivity contribution is 14.0. The fourth-order valence-corrected chi connectivity index (χ4v) is 2.27. The smallest absolute Gasteiger partial charge is 0.193 e. The van der Waals surface area contributed by atoms with Gasteiger partial charge in [-0.25, -0.2) is 4.98 Å². The van der Waals surface area contributed by atoms with Crippen molar-refractivity contribution >= 4 is 41.5 Å². The molecule has 136 valence electrons. The lowest BCUT2D eigenvalue weighted by Gasteiger charge is -2.22. The Balaban J connectivity index is 0.00000288. The van der Waals surface area contributed by atoms with E-state index in [2.05, 4.69) is 27.1 Å². The number of hydrogen-bond acceptors (Lipinski definition) is 3. The number of aliphatic imine (C=N–C) groups is 1. The van der Waals surface area contributed by atoms with E-state index in [0.717, 1.165) is 56.7 Å². The van der Waals surface area contributed by atoms with E-state index in [1.54, 1.807) is 6.20 Å². The molecule has 1 heterocycles. The first-order valence-corrected chi connectivity index (χ1v) is 8.74. The summed E-state index contributed by atoms with van der Waals surface area (Å²) in [5.74, 6) is 1.74. The van der Waals surface area contributed by atoms with Crippen LogP contribution in [0.1, 0.15) is 25.3 Å². The van der Waals surface area contributed by atoms with Gasteiger partial charge in [0, 0.05) is 39.5 Å². The molecule has 0 spiro atoms. The summed E-state index contributed by atoms with van der Waals surface area (Å²) < 4.78 is 5.70. The van der Waals surface area contributed by atoms with Gasteiger partial charge >= 0.3 is 0 Å². The highest BCUT2D eigenvalue weighted by Crippen LogP contribution is 2.28. The van der Waals surface area contributed by atoms with Gasteiger partial charge in [-0.3, -0.25) is 4.99 Å². The number of hydrogen-bond donors (Lipinski definition) is 1. The first-order chi connectivity index (χ1) is 11.2. The number of ether oxygens (including phenoxy) is 1. The third-order valence-corrected chi connectivity index (χ3v) is 3.99. The minimum Gasteiger partial charge on any atom is -0.379 e. The first kappa shape index (κ1) is 21.4. The quantitative estimate of drug-likeness (QED) is 0.200. The van der Waals surface area contributed by atoms with Crippen LogP contribution in [-0.2, 0) is 11.2 Å². The van der Waals surface area contributed by atoms with Gasteiger partial charge in [0.15, 0.2) is 5.96 Å². The minimum absolute atomic E-state index is 0. The Kier molecular flexibility index (Phi) is 10.6. The van der Waals surface area contributed by atoms with Crippen LogP contribution in [0.15, 0.2) is 23.3 Å². The summed E-state index contributed by atoms with van der Waals surface area (Å²) in [5.41, 5.74) is 1.14. The molecule has 0 aromatic carbocycles. The molecule has 0 saturated heterocycles. The van der Waals surface area contributed by atoms with Crippen LogP contribution in [0, 0.1) is 5.92 Å². The summed E-state index contributed by atoms with van der Waals surface area (Å²) in [6, 6.07) is 3.81. The van der Waals surface area contributed by atoms with E-state index in [-0.39, 0.29) is 24.0 Å². The van der Waals surface area contributed by atoms with Crippen LogP contribution in [-0.4, -0.2) is 55.7 Å². The number of nitrogens with zero attached hydrogens (tertiary/aromatic N) is 3. The van der Waals surface area contributed by atoms with E-state index in [1.165, 1.54) is 12.8 Å². The average molecular weight is 467 g/mol. The number of pyridine rings is 1. The highest BCUT2D eigenvalue weighted by Gasteiger charge is 2.21. The summed E-state index contributed by atoms with van der Waals surface area (Å²) >= 11 is 5.80. The summed E-state index contributed by atoms with van der Waals surface area (Å²) in [6.45, 7) is 6.16. The van der Waals surface area contributed by atoms with Crippen LogP contribution < -0.4 is 5.32 Å². The second-order valence-corrected chi connectivity index (χ2v) is 6.30. The Morgan fingerprint density at radius 1 is 1.46 bits per heavy atom. The maximum Gasteiger partial charge on any atom is 0.193 e. The second-order valence-electron chi connectivity index (χ2n) is 5.91. The van der Waals surface area contributed by atoms with Gasteiger partial charge in [0.05, 0.1) is 6.61 Å². The Morgan fingerprint density at radius 3 is 2.88 bits per heavy atom. The summed E-state index contributed by atoms with van der Waals surface area (Å²) in [5, 5.41) is 3.85. The summed E-state index contributed by atoms with van der Waals surface area (Å²) in [7, 11) is 2.05. The summed E-state index contributed by atoms with van der Waals surface area (Å²) in [4.78, 5) is 10.9. The van der Waals surface area contributed by atoms with Crippen molar-refractivity contribution in [3.8, 4) is 0 Å². The molecule has 1 aromatic heterocycles. The molecule has 0 unspecified atom stereocenters. The maximum absolute atomic E-state index is 5.80. The van der Waals surface area contributed by atoms with Gasteiger partial charge in [-0.2, -0.15) is 0 Å². The van der Waals surface area contributed by atoms with Crippen molar-refractivity contribution in [1.82, 2.24) is 15.2 Å². The van der Waals surface area contributed by atoms with Crippen LogP contribution in [0.4, 0.5) is 0 Å². The number of rotatable bonds is 9. The zero-order chi connectivity index (χ0) is 16.5. The van der Waals surface area contributed by atoms with E-state index in [4.69, 9.17) is 16.3 Å². The van der Waals surface area contributed by atoms with Crippen LogP contribution >= 0.6 is 35.6 Å². The molecule has 2 rings (SSSR count). The number of aromatic nitrogens is 1. The molecule has 1 N–H and O–H groups in total. The van der Waals surface area contributed by atoms with Gasteiger partial charge in [0.2, 0.25) is 0 Å². The topological polar surface area (TPSA) is 49.8 Å². The molecule has 24 heavy (non-hydrogen) atoms. The van der Waals surface area contributed by atoms with Gasteiger partial charge in [0.1, 0.15) is 5.15 Å². The van der Waals surface area contributed by atoms with Crippen molar-refractivity contribution in [2.45, 2.75) is 26.2 Å². The molecule has 7 heteroatoms. The fourth-order valence-electron chi connectivity index (χ4n) is 2.16. The normalized spacial score (nSPS) is 14.2.